The number of benzene rings is 1. The molecule has 3 aliphatic rings. The van der Waals surface area contributed by atoms with Crippen LogP contribution in [0.5, 0.6) is 5.75 Å². The Morgan fingerprint density at radius 1 is 1.30 bits per heavy atom. The van der Waals surface area contributed by atoms with Crippen LogP contribution in [0.1, 0.15) is 26.7 Å². The van der Waals surface area contributed by atoms with Gasteiger partial charge in [-0.3, -0.25) is 9.59 Å². The minimum absolute atomic E-state index is 0.0334. The molecule has 0 N–H and O–H groups in total. The lowest BCUT2D eigenvalue weighted by atomic mass is 9.62. The summed E-state index contributed by atoms with van der Waals surface area (Å²) < 4.78 is 11.3. The number of esters is 1. The highest BCUT2D eigenvalue weighted by atomic mass is 32.2. The molecule has 142 valence electrons. The Morgan fingerprint density at radius 3 is 2.85 bits per heavy atom. The van der Waals surface area contributed by atoms with E-state index in [1.807, 2.05) is 37.3 Å². The average Bonchev–Trinajstić information content (AvgIpc) is 2.98. The van der Waals surface area contributed by atoms with E-state index in [-0.39, 0.29) is 35.1 Å². The summed E-state index contributed by atoms with van der Waals surface area (Å²) >= 11 is 1.64. The molecule has 1 aromatic carbocycles. The van der Waals surface area contributed by atoms with Crippen LogP contribution in [-0.4, -0.2) is 30.7 Å². The summed E-state index contributed by atoms with van der Waals surface area (Å²) in [6.45, 7) is 4.02. The van der Waals surface area contributed by atoms with Gasteiger partial charge >= 0.3 is 5.97 Å². The molecule has 27 heavy (non-hydrogen) atoms. The van der Waals surface area contributed by atoms with Crippen LogP contribution in [0.25, 0.3) is 0 Å². The first-order chi connectivity index (χ1) is 12.9. The summed E-state index contributed by atoms with van der Waals surface area (Å²) in [5, 5.41) is 0. The number of carbonyl (C=O) groups is 2. The number of fused-ring (bicyclic) bond motifs is 3. The number of methoxy groups -OCH3 is 1. The van der Waals surface area contributed by atoms with E-state index in [1.54, 1.807) is 24.9 Å². The highest BCUT2D eigenvalue weighted by Crippen LogP contribution is 2.53. The highest BCUT2D eigenvalue weighted by molar-refractivity contribution is 7.99. The molecule has 0 bridgehead atoms. The smallest absolute Gasteiger partial charge is 0.310 e. The monoisotopic (exact) mass is 384 g/mol. The number of carbonyl (C=O) groups excluding carboxylic acids is 2. The molecule has 2 aliphatic carbocycles. The van der Waals surface area contributed by atoms with Crippen molar-refractivity contribution in [1.82, 2.24) is 0 Å². The van der Waals surface area contributed by atoms with E-state index in [4.69, 9.17) is 9.47 Å². The first-order valence-corrected chi connectivity index (χ1v) is 10.3. The number of ether oxygens (including phenoxy) is 2. The third-order valence-corrected chi connectivity index (χ3v) is 7.39. The van der Waals surface area contributed by atoms with Gasteiger partial charge in [-0.25, -0.2) is 0 Å². The van der Waals surface area contributed by atoms with E-state index in [9.17, 15) is 9.59 Å². The number of ketones is 1. The molecule has 4 atom stereocenters. The molecule has 0 unspecified atom stereocenters. The number of para-hydroxylation sites is 1. The zero-order valence-corrected chi connectivity index (χ0v) is 16.7. The minimum Gasteiger partial charge on any atom is -0.496 e. The quantitative estimate of drug-likeness (QED) is 0.575. The van der Waals surface area contributed by atoms with Crippen molar-refractivity contribution >= 4 is 23.5 Å². The van der Waals surface area contributed by atoms with Crippen molar-refractivity contribution in [1.29, 1.82) is 0 Å². The van der Waals surface area contributed by atoms with Gasteiger partial charge in [-0.1, -0.05) is 25.1 Å². The molecule has 1 aromatic rings. The Morgan fingerprint density at radius 2 is 2.07 bits per heavy atom. The number of thioether (sulfide) groups is 1. The van der Waals surface area contributed by atoms with Crippen molar-refractivity contribution in [2.24, 2.45) is 17.3 Å². The summed E-state index contributed by atoms with van der Waals surface area (Å²) in [6.07, 6.45) is 5.27. The Labute approximate surface area is 164 Å². The lowest BCUT2D eigenvalue weighted by Gasteiger charge is -2.43. The second-order valence-electron chi connectivity index (χ2n) is 7.78. The first kappa shape index (κ1) is 18.4. The molecule has 4 nitrogen and oxygen atoms in total. The molecule has 4 rings (SSSR count). The summed E-state index contributed by atoms with van der Waals surface area (Å²) in [5.74, 6) is 1.36. The second kappa shape index (κ2) is 6.86. The normalized spacial score (nSPS) is 32.2. The summed E-state index contributed by atoms with van der Waals surface area (Å²) in [4.78, 5) is 25.9. The predicted octanol–water partition coefficient (Wildman–Crippen LogP) is 4.20. The Hall–Kier alpha value is -2.01. The van der Waals surface area contributed by atoms with E-state index in [1.165, 1.54) is 0 Å². The third kappa shape index (κ3) is 3.02. The molecule has 0 spiro atoms. The van der Waals surface area contributed by atoms with Gasteiger partial charge in [0.15, 0.2) is 5.78 Å². The fourth-order valence-corrected chi connectivity index (χ4v) is 5.89. The maximum atomic E-state index is 12.7. The lowest BCUT2D eigenvalue weighted by Crippen LogP contribution is -2.40. The van der Waals surface area contributed by atoms with Gasteiger partial charge in [0.2, 0.25) is 0 Å². The number of rotatable bonds is 4. The Bertz CT molecular complexity index is 856. The molecule has 1 saturated carbocycles. The van der Waals surface area contributed by atoms with Crippen LogP contribution in [0.2, 0.25) is 0 Å². The van der Waals surface area contributed by atoms with Gasteiger partial charge < -0.3 is 9.47 Å². The second-order valence-corrected chi connectivity index (χ2v) is 8.84. The van der Waals surface area contributed by atoms with Gasteiger partial charge in [-0.2, -0.15) is 0 Å². The molecular weight excluding hydrogens is 360 g/mol. The van der Waals surface area contributed by atoms with Crippen LogP contribution < -0.4 is 4.74 Å². The predicted molar refractivity (Wildman–Crippen MR) is 105 cm³/mol. The van der Waals surface area contributed by atoms with E-state index in [2.05, 4.69) is 6.92 Å². The largest absolute Gasteiger partial charge is 0.496 e. The van der Waals surface area contributed by atoms with E-state index in [0.717, 1.165) is 34.6 Å². The molecule has 1 aliphatic heterocycles. The van der Waals surface area contributed by atoms with E-state index >= 15 is 0 Å². The zero-order valence-electron chi connectivity index (χ0n) is 15.9. The van der Waals surface area contributed by atoms with Crippen molar-refractivity contribution in [3.05, 3.63) is 47.6 Å². The fraction of sp³-hybridized carbons (Fsp3) is 0.455. The zero-order chi connectivity index (χ0) is 19.2. The van der Waals surface area contributed by atoms with Crippen molar-refractivity contribution in [3.8, 4) is 5.75 Å². The summed E-state index contributed by atoms with van der Waals surface area (Å²) in [6, 6.07) is 7.85. The lowest BCUT2D eigenvalue weighted by molar-refractivity contribution is -0.143. The van der Waals surface area contributed by atoms with Crippen molar-refractivity contribution in [2.45, 2.75) is 37.7 Å². The van der Waals surface area contributed by atoms with Crippen molar-refractivity contribution < 1.29 is 19.1 Å². The van der Waals surface area contributed by atoms with Gasteiger partial charge in [0.1, 0.15) is 11.9 Å². The molecule has 1 saturated heterocycles. The standard InChI is InChI=1S/C22H24O4S/c1-13-16(23)9-11-22(2)10-8-14-15(21(24)26-20(14)19(13)22)12-27-18-7-5-4-6-17(18)25-3/h4-7,9,11,14-15,20H,8,10,12H2,1-3H3/t14-,15-,20-,22-/m0/s1. The number of hydrogen-bond acceptors (Lipinski definition) is 5. The first-order valence-electron chi connectivity index (χ1n) is 9.36. The van der Waals surface area contributed by atoms with E-state index in [0.29, 0.717) is 5.75 Å². The van der Waals surface area contributed by atoms with Crippen molar-refractivity contribution in [3.63, 3.8) is 0 Å². The van der Waals surface area contributed by atoms with Crippen LogP contribution in [0, 0.1) is 17.3 Å². The molecule has 2 fully saturated rings. The average molecular weight is 384 g/mol. The molecular formula is C22H24O4S. The number of hydrogen-bond donors (Lipinski definition) is 0. The molecule has 0 radical (unpaired) electrons. The van der Waals surface area contributed by atoms with Gasteiger partial charge in [-0.05, 0) is 43.5 Å². The Balaban J connectivity index is 1.57. The molecule has 1 heterocycles. The fourth-order valence-electron chi connectivity index (χ4n) is 4.68. The van der Waals surface area contributed by atoms with Gasteiger partial charge in [0.25, 0.3) is 0 Å². The SMILES string of the molecule is COc1ccccc1SC[C@@H]1C(=O)O[C@@H]2C3=C(C)C(=O)C=C[C@]3(C)CC[C@@H]12. The van der Waals surface area contributed by atoms with Gasteiger partial charge in [0.05, 0.1) is 13.0 Å². The maximum absolute atomic E-state index is 12.7. The maximum Gasteiger partial charge on any atom is 0.310 e. The molecule has 0 amide bonds. The van der Waals surface area contributed by atoms with Crippen molar-refractivity contribution in [2.75, 3.05) is 12.9 Å². The van der Waals surface area contributed by atoms with Crippen LogP contribution in [0.15, 0.2) is 52.5 Å². The minimum atomic E-state index is -0.270. The molecule has 5 heteroatoms. The molecule has 0 aromatic heterocycles. The topological polar surface area (TPSA) is 52.6 Å². The van der Waals surface area contributed by atoms with Gasteiger partial charge in [-0.15, -0.1) is 11.8 Å². The summed E-state index contributed by atoms with van der Waals surface area (Å²) in [7, 11) is 1.66. The van der Waals surface area contributed by atoms with Crippen LogP contribution in [0.4, 0.5) is 0 Å². The number of allylic oxidation sites excluding steroid dienone is 3. The highest BCUT2D eigenvalue weighted by Gasteiger charge is 2.54. The Kier molecular flexibility index (Phi) is 4.66. The van der Waals surface area contributed by atoms with E-state index < -0.39 is 0 Å². The summed E-state index contributed by atoms with van der Waals surface area (Å²) in [5.41, 5.74) is 1.59. The van der Waals surface area contributed by atoms with Crippen LogP contribution >= 0.6 is 11.8 Å². The van der Waals surface area contributed by atoms with Crippen LogP contribution in [0.3, 0.4) is 0 Å². The third-order valence-electron chi connectivity index (χ3n) is 6.21. The van der Waals surface area contributed by atoms with Gasteiger partial charge in [0, 0.05) is 27.6 Å². The van der Waals surface area contributed by atoms with Crippen LogP contribution in [-0.2, 0) is 14.3 Å².